The fraction of sp³-hybridized carbons (Fsp3) is 0.524. The van der Waals surface area contributed by atoms with Gasteiger partial charge in [-0.25, -0.2) is 43.4 Å². The number of nitrogens with two attached hydrogens (primary N) is 2. The van der Waals surface area contributed by atoms with E-state index in [9.17, 15) is 24.0 Å². The van der Waals surface area contributed by atoms with E-state index in [0.29, 0.717) is 0 Å². The van der Waals surface area contributed by atoms with Crippen LogP contribution in [0.2, 0.25) is 0 Å². The predicted molar refractivity (Wildman–Crippen MR) is 143 cm³/mol. The van der Waals surface area contributed by atoms with Gasteiger partial charge in [0.15, 0.2) is 35.3 Å². The normalized spacial score (nSPS) is 38.3. The first-order valence-electron chi connectivity index (χ1n) is 13.1. The fourth-order valence-corrected chi connectivity index (χ4v) is 7.75. The number of hydrogen-bond acceptors (Lipinski definition) is 16. The monoisotopic (exact) mass is 658 g/mol. The van der Waals surface area contributed by atoms with Crippen LogP contribution in [-0.2, 0) is 32.0 Å². The third-order valence-corrected chi connectivity index (χ3v) is 9.75. The number of anilines is 2. The zero-order valence-corrected chi connectivity index (χ0v) is 24.0. The van der Waals surface area contributed by atoms with E-state index in [0.717, 1.165) is 6.33 Å². The van der Waals surface area contributed by atoms with Crippen molar-refractivity contribution >= 4 is 49.6 Å². The number of ether oxygens (including phenoxy) is 1. The van der Waals surface area contributed by atoms with Crippen LogP contribution in [0.3, 0.4) is 0 Å². The minimum absolute atomic E-state index is 0.00284. The Morgan fingerprint density at radius 2 is 1.41 bits per heavy atom. The Balaban J connectivity index is 1.17. The summed E-state index contributed by atoms with van der Waals surface area (Å²) in [5.41, 5.74) is 12.4. The molecule has 0 aromatic carbocycles. The largest absolute Gasteiger partial charge is 0.472 e. The van der Waals surface area contributed by atoms with Crippen molar-refractivity contribution in [1.29, 1.82) is 0 Å². The van der Waals surface area contributed by atoms with Crippen LogP contribution in [0.5, 0.6) is 0 Å². The first kappa shape index (κ1) is 29.5. The number of nitrogens with zero attached hydrogens (tertiary/aromatic N) is 8. The number of rotatable bonds is 2. The summed E-state index contributed by atoms with van der Waals surface area (Å²) in [7, 11) is -9.97. The van der Waals surface area contributed by atoms with Gasteiger partial charge in [0.1, 0.15) is 48.1 Å². The summed E-state index contributed by atoms with van der Waals surface area (Å²) in [4.78, 5) is 45.3. The number of phosphoric acid groups is 2. The van der Waals surface area contributed by atoms with Crippen molar-refractivity contribution in [2.75, 3.05) is 24.7 Å². The van der Waals surface area contributed by atoms with E-state index in [1.165, 1.54) is 28.1 Å². The Labute approximate surface area is 245 Å². The van der Waals surface area contributed by atoms with E-state index in [4.69, 9.17) is 34.3 Å². The number of nitrogen functional groups attached to an aromatic ring is 2. The zero-order chi connectivity index (χ0) is 31.0. The van der Waals surface area contributed by atoms with Crippen molar-refractivity contribution in [2.45, 2.75) is 49.3 Å². The molecule has 236 valence electrons. The van der Waals surface area contributed by atoms with Crippen LogP contribution in [0.4, 0.5) is 16.0 Å². The minimum atomic E-state index is -5.00. The van der Waals surface area contributed by atoms with Crippen LogP contribution in [0, 0.1) is 5.92 Å². The second-order valence-corrected chi connectivity index (χ2v) is 13.2. The summed E-state index contributed by atoms with van der Waals surface area (Å²) in [6.07, 6.45) is -5.03. The maximum absolute atomic E-state index is 15.9. The lowest BCUT2D eigenvalue weighted by atomic mass is 10.1. The van der Waals surface area contributed by atoms with E-state index < -0.39 is 77.6 Å². The van der Waals surface area contributed by atoms with Gasteiger partial charge in [-0.2, -0.15) is 0 Å². The van der Waals surface area contributed by atoms with Gasteiger partial charge in [-0.15, -0.1) is 0 Å². The van der Waals surface area contributed by atoms with Gasteiger partial charge >= 0.3 is 15.6 Å². The van der Waals surface area contributed by atoms with Gasteiger partial charge in [0.05, 0.1) is 31.9 Å². The molecule has 10 atom stereocenters. The molecule has 4 aromatic heterocycles. The van der Waals surface area contributed by atoms with Crippen LogP contribution in [0.1, 0.15) is 18.7 Å². The third kappa shape index (κ3) is 5.04. The molecule has 44 heavy (non-hydrogen) atoms. The zero-order valence-electron chi connectivity index (χ0n) is 22.3. The molecule has 2 aliphatic heterocycles. The average molecular weight is 658 g/mol. The summed E-state index contributed by atoms with van der Waals surface area (Å²) in [5, 5.41) is 11.2. The van der Waals surface area contributed by atoms with Gasteiger partial charge < -0.3 is 35.7 Å². The Hall–Kier alpha value is -3.23. The van der Waals surface area contributed by atoms with Crippen molar-refractivity contribution in [3.63, 3.8) is 0 Å². The van der Waals surface area contributed by atoms with Crippen LogP contribution in [-0.4, -0.2) is 97.7 Å². The highest BCUT2D eigenvalue weighted by atomic mass is 31.2. The van der Waals surface area contributed by atoms with Crippen molar-refractivity contribution in [3.8, 4) is 0 Å². The molecule has 1 saturated carbocycles. The summed E-state index contributed by atoms with van der Waals surface area (Å²) >= 11 is 0. The molecule has 2 saturated heterocycles. The molecule has 0 bridgehead atoms. The first-order valence-corrected chi connectivity index (χ1v) is 16.1. The number of aromatic nitrogens is 8. The van der Waals surface area contributed by atoms with Gasteiger partial charge in [0, 0.05) is 5.92 Å². The van der Waals surface area contributed by atoms with Crippen LogP contribution in [0.25, 0.3) is 22.3 Å². The lowest BCUT2D eigenvalue weighted by molar-refractivity contribution is -0.0592. The first-order chi connectivity index (χ1) is 20.9. The molecule has 7 rings (SSSR count). The molecule has 1 aliphatic carbocycles. The molecule has 3 aliphatic rings. The highest BCUT2D eigenvalue weighted by Gasteiger charge is 2.54. The topological polar surface area (TPSA) is 280 Å². The number of hydrogen-bond donors (Lipinski definition) is 5. The lowest BCUT2D eigenvalue weighted by Gasteiger charge is -2.28. The standard InChI is InChI=1S/C21H25FN10O10P2/c22-11-16-10(40-21(11)32-7-30-13-18(24)26-5-28-20(13)32)3-39-44(36,37)41-15-8(2-38-43(34,35)42-16)1-9(14(15)33)31-6-29-12-17(23)25-4-27-19(12)31/h4-11,14-16,21,33H,1-3H2,(H,34,35)(H,36,37)(H2,23,25,27)(H2,24,26,28)/t8-,9-,10-,11?,14?,15?,16?,21-/m1/s1. The summed E-state index contributed by atoms with van der Waals surface area (Å²) < 4.78 is 71.4. The molecule has 6 unspecified atom stereocenters. The number of fused-ring (bicyclic) bond motifs is 4. The molecule has 23 heteroatoms. The average Bonchev–Trinajstić information content (AvgIpc) is 3.73. The molecular formula is C21H25FN10O10P2. The maximum Gasteiger partial charge on any atom is 0.472 e. The van der Waals surface area contributed by atoms with Gasteiger partial charge in [-0.3, -0.25) is 22.7 Å². The van der Waals surface area contributed by atoms with Crippen LogP contribution >= 0.6 is 15.6 Å². The van der Waals surface area contributed by atoms with E-state index in [-0.39, 0.29) is 40.4 Å². The summed E-state index contributed by atoms with van der Waals surface area (Å²) in [5.74, 6) is -0.835. The number of imidazole rings is 2. The Bertz CT molecular complexity index is 1700. The number of aliphatic hydroxyl groups is 1. The number of phosphoric ester groups is 2. The van der Waals surface area contributed by atoms with E-state index in [1.54, 1.807) is 0 Å². The van der Waals surface area contributed by atoms with Gasteiger partial charge in [-0.1, -0.05) is 0 Å². The maximum atomic E-state index is 15.9. The summed E-state index contributed by atoms with van der Waals surface area (Å²) in [6, 6.07) is -0.849. The highest BCUT2D eigenvalue weighted by molar-refractivity contribution is 7.47. The predicted octanol–water partition coefficient (Wildman–Crippen LogP) is 0.00600. The molecular weight excluding hydrogens is 633 g/mol. The van der Waals surface area contributed by atoms with Gasteiger partial charge in [0.25, 0.3) is 0 Å². The van der Waals surface area contributed by atoms with E-state index in [1.807, 2.05) is 0 Å². The molecule has 4 aromatic rings. The third-order valence-electron chi connectivity index (χ3n) is 7.78. The molecule has 0 amide bonds. The van der Waals surface area contributed by atoms with Crippen LogP contribution < -0.4 is 11.5 Å². The van der Waals surface area contributed by atoms with Crippen molar-refractivity contribution in [2.24, 2.45) is 5.92 Å². The number of alkyl halides is 1. The molecule has 0 spiro atoms. The molecule has 3 fully saturated rings. The SMILES string of the molecule is Nc1ncnc2c1ncn2[C@@H]1C[C@@H]2COP(=O)(O)OC3C(F)[C@H](n4cnc5c(N)ncnc54)O[C@@H]3COP(=O)(O)OC2C1O. The molecule has 0 radical (unpaired) electrons. The number of halogens is 1. The van der Waals surface area contributed by atoms with Crippen molar-refractivity contribution in [3.05, 3.63) is 25.3 Å². The Kier molecular flexibility index (Phi) is 7.16. The smallest absolute Gasteiger partial charge is 0.388 e. The van der Waals surface area contributed by atoms with E-state index >= 15 is 4.39 Å². The van der Waals surface area contributed by atoms with E-state index in [2.05, 4.69) is 29.9 Å². The van der Waals surface area contributed by atoms with Gasteiger partial charge in [0.2, 0.25) is 0 Å². The Morgan fingerprint density at radius 3 is 2.07 bits per heavy atom. The van der Waals surface area contributed by atoms with Gasteiger partial charge in [-0.05, 0) is 6.42 Å². The molecule has 6 heterocycles. The lowest BCUT2D eigenvalue weighted by Crippen LogP contribution is -2.36. The quantitative estimate of drug-likeness (QED) is 0.177. The highest BCUT2D eigenvalue weighted by Crippen LogP contribution is 2.55. The van der Waals surface area contributed by atoms with Crippen molar-refractivity contribution < 1.29 is 51.2 Å². The fourth-order valence-electron chi connectivity index (χ4n) is 5.74. The molecule has 20 nitrogen and oxygen atoms in total. The minimum Gasteiger partial charge on any atom is -0.388 e. The number of aliphatic hydroxyl groups excluding tert-OH is 1. The van der Waals surface area contributed by atoms with Crippen molar-refractivity contribution in [1.82, 2.24) is 39.0 Å². The van der Waals surface area contributed by atoms with Crippen LogP contribution in [0.15, 0.2) is 25.3 Å². The second kappa shape index (κ2) is 10.7. The molecule has 7 N–H and O–H groups in total. The summed E-state index contributed by atoms with van der Waals surface area (Å²) in [6.45, 7) is -1.42. The second-order valence-electron chi connectivity index (χ2n) is 10.4. The Morgan fingerprint density at radius 1 is 0.841 bits per heavy atom.